The molecular weight excluding hydrogens is 252 g/mol. The molecule has 0 spiro atoms. The molecule has 0 aromatic heterocycles. The van der Waals surface area contributed by atoms with Crippen molar-refractivity contribution < 1.29 is 13.0 Å². The third kappa shape index (κ3) is 9.89. The van der Waals surface area contributed by atoms with Crippen LogP contribution in [-0.4, -0.2) is 68.6 Å². The van der Waals surface area contributed by atoms with Crippen molar-refractivity contribution in [1.82, 2.24) is 9.80 Å². The molecule has 0 atom stereocenters. The molecule has 0 heterocycles. The summed E-state index contributed by atoms with van der Waals surface area (Å²) in [5, 5.41) is 0. The van der Waals surface area contributed by atoms with Crippen molar-refractivity contribution >= 4 is 17.1 Å². The maximum Gasteiger partial charge on any atom is 0.323 e. The smallest absolute Gasteiger partial charge is 0.323 e. The number of rotatable bonds is 8. The summed E-state index contributed by atoms with van der Waals surface area (Å²) in [5.41, 5.74) is 0. The zero-order chi connectivity index (χ0) is 13.7. The van der Waals surface area contributed by atoms with E-state index in [1.165, 1.54) is 0 Å². The Morgan fingerprint density at radius 1 is 0.706 bits per heavy atom. The van der Waals surface area contributed by atoms with Crippen LogP contribution in [0.25, 0.3) is 0 Å². The van der Waals surface area contributed by atoms with Crippen LogP contribution >= 0.6 is 0 Å². The molecule has 0 aromatic rings. The fourth-order valence-electron chi connectivity index (χ4n) is 1.22. The van der Waals surface area contributed by atoms with Crippen molar-refractivity contribution in [2.45, 2.75) is 26.2 Å². The van der Waals surface area contributed by atoms with E-state index in [1.807, 2.05) is 38.0 Å². The van der Waals surface area contributed by atoms with Crippen molar-refractivity contribution in [2.24, 2.45) is 0 Å². The Morgan fingerprint density at radius 3 is 1.24 bits per heavy atom. The Balaban J connectivity index is 4.17. The first-order chi connectivity index (χ1) is 7.54. The van der Waals surface area contributed by atoms with Crippen LogP contribution in [0.4, 0.5) is 0 Å². The lowest BCUT2D eigenvalue weighted by Gasteiger charge is -2.33. The number of hydrogen-bond acceptors (Lipinski definition) is 5. The molecule has 0 aliphatic rings. The third-order valence-corrected chi connectivity index (χ3v) is 7.41. The summed E-state index contributed by atoms with van der Waals surface area (Å²) in [6.07, 6.45) is 0. The van der Waals surface area contributed by atoms with Crippen molar-refractivity contribution in [3.8, 4) is 0 Å². The molecule has 5 nitrogen and oxygen atoms in total. The molecule has 0 unspecified atom stereocenters. The SMILES string of the molecule is CN(C)CO[Si](C)(C)O[Si](C)(C)OCN(C)C. The van der Waals surface area contributed by atoms with E-state index in [4.69, 9.17) is 13.0 Å². The quantitative estimate of drug-likeness (QED) is 0.497. The van der Waals surface area contributed by atoms with Gasteiger partial charge in [0.05, 0.1) is 13.5 Å². The van der Waals surface area contributed by atoms with Crippen LogP contribution in [0, 0.1) is 0 Å². The maximum atomic E-state index is 6.11. The second-order valence-corrected chi connectivity index (χ2v) is 12.6. The summed E-state index contributed by atoms with van der Waals surface area (Å²) >= 11 is 0. The minimum absolute atomic E-state index is 0.595. The monoisotopic (exact) mass is 280 g/mol. The van der Waals surface area contributed by atoms with Crippen LogP contribution in [0.1, 0.15) is 0 Å². The maximum absolute atomic E-state index is 6.11. The summed E-state index contributed by atoms with van der Waals surface area (Å²) in [4.78, 5) is 3.99. The summed E-state index contributed by atoms with van der Waals surface area (Å²) in [7, 11) is 3.73. The zero-order valence-corrected chi connectivity index (χ0v) is 14.5. The highest BCUT2D eigenvalue weighted by atomic mass is 28.5. The first kappa shape index (κ1) is 17.2. The number of hydrogen-bond donors (Lipinski definition) is 0. The second kappa shape index (κ2) is 6.98. The lowest BCUT2D eigenvalue weighted by Crippen LogP contribution is -2.50. The van der Waals surface area contributed by atoms with Gasteiger partial charge in [0.25, 0.3) is 0 Å². The van der Waals surface area contributed by atoms with Crippen LogP contribution in [0.5, 0.6) is 0 Å². The van der Waals surface area contributed by atoms with Gasteiger partial charge in [-0.15, -0.1) is 0 Å². The fourth-order valence-corrected chi connectivity index (χ4v) is 7.56. The highest BCUT2D eigenvalue weighted by molar-refractivity contribution is 6.78. The van der Waals surface area contributed by atoms with Crippen LogP contribution < -0.4 is 0 Å². The van der Waals surface area contributed by atoms with Crippen molar-refractivity contribution in [3.63, 3.8) is 0 Å². The van der Waals surface area contributed by atoms with E-state index in [-0.39, 0.29) is 0 Å². The van der Waals surface area contributed by atoms with Gasteiger partial charge in [-0.3, -0.25) is 9.80 Å². The van der Waals surface area contributed by atoms with Crippen LogP contribution in [0.15, 0.2) is 0 Å². The lowest BCUT2D eigenvalue weighted by atomic mass is 11.0. The van der Waals surface area contributed by atoms with Gasteiger partial charge in [0.1, 0.15) is 0 Å². The van der Waals surface area contributed by atoms with E-state index in [0.717, 1.165) is 0 Å². The van der Waals surface area contributed by atoms with Gasteiger partial charge in [-0.05, 0) is 54.4 Å². The zero-order valence-electron chi connectivity index (χ0n) is 12.5. The molecular formula is C10H28N2O3Si2. The Labute approximate surface area is 108 Å². The largest absolute Gasteiger partial charge is 0.415 e. The van der Waals surface area contributed by atoms with E-state index in [0.29, 0.717) is 13.5 Å². The molecule has 0 amide bonds. The van der Waals surface area contributed by atoms with Gasteiger partial charge in [0.15, 0.2) is 0 Å². The Bertz CT molecular complexity index is 202. The topological polar surface area (TPSA) is 34.2 Å². The Kier molecular flexibility index (Phi) is 7.07. The van der Waals surface area contributed by atoms with E-state index < -0.39 is 17.1 Å². The Morgan fingerprint density at radius 2 is 1.00 bits per heavy atom. The minimum atomic E-state index is -2.10. The molecule has 0 aliphatic carbocycles. The van der Waals surface area contributed by atoms with Crippen LogP contribution in [0.2, 0.25) is 26.2 Å². The standard InChI is InChI=1S/C10H28N2O3Si2/c1-11(2)9-13-16(5,6)15-17(7,8)14-10-12(3)4/h9-10H2,1-8H3. The van der Waals surface area contributed by atoms with E-state index in [9.17, 15) is 0 Å². The summed E-state index contributed by atoms with van der Waals surface area (Å²) in [6.45, 7) is 9.43. The van der Waals surface area contributed by atoms with E-state index in [2.05, 4.69) is 26.2 Å². The molecule has 0 saturated heterocycles. The molecule has 0 aromatic carbocycles. The predicted octanol–water partition coefficient (Wildman–Crippen LogP) is 1.48. The van der Waals surface area contributed by atoms with Crippen molar-refractivity contribution in [2.75, 3.05) is 41.7 Å². The summed E-state index contributed by atoms with van der Waals surface area (Å²) in [5.74, 6) is 0. The average molecular weight is 281 g/mol. The minimum Gasteiger partial charge on any atom is -0.415 e. The van der Waals surface area contributed by atoms with Gasteiger partial charge in [0, 0.05) is 0 Å². The van der Waals surface area contributed by atoms with Crippen molar-refractivity contribution in [1.29, 1.82) is 0 Å². The molecule has 0 aliphatic heterocycles. The van der Waals surface area contributed by atoms with E-state index in [1.54, 1.807) is 0 Å². The third-order valence-electron chi connectivity index (χ3n) is 1.83. The highest BCUT2D eigenvalue weighted by Crippen LogP contribution is 2.16. The molecule has 17 heavy (non-hydrogen) atoms. The van der Waals surface area contributed by atoms with E-state index >= 15 is 0 Å². The predicted molar refractivity (Wildman–Crippen MR) is 75.3 cm³/mol. The molecule has 0 radical (unpaired) electrons. The number of nitrogens with zero attached hydrogens (tertiary/aromatic N) is 2. The molecule has 7 heteroatoms. The molecule has 0 rings (SSSR count). The fraction of sp³-hybridized carbons (Fsp3) is 1.00. The van der Waals surface area contributed by atoms with Crippen LogP contribution in [-0.2, 0) is 13.0 Å². The summed E-state index contributed by atoms with van der Waals surface area (Å²) in [6, 6.07) is 0. The first-order valence-corrected chi connectivity index (χ1v) is 11.4. The second-order valence-electron chi connectivity index (χ2n) is 5.61. The van der Waals surface area contributed by atoms with Gasteiger partial charge in [-0.2, -0.15) is 0 Å². The van der Waals surface area contributed by atoms with Crippen LogP contribution in [0.3, 0.4) is 0 Å². The van der Waals surface area contributed by atoms with Gasteiger partial charge in [0.2, 0.25) is 0 Å². The van der Waals surface area contributed by atoms with Gasteiger partial charge < -0.3 is 13.0 Å². The first-order valence-electron chi connectivity index (χ1n) is 5.82. The average Bonchev–Trinajstić information content (AvgIpc) is 2.10. The van der Waals surface area contributed by atoms with Gasteiger partial charge >= 0.3 is 17.1 Å². The molecule has 0 bridgehead atoms. The normalized spacial score (nSPS) is 13.8. The lowest BCUT2D eigenvalue weighted by molar-refractivity contribution is 0.112. The Hall–Kier alpha value is 0.234. The molecule has 0 N–H and O–H groups in total. The molecule has 104 valence electrons. The highest BCUT2D eigenvalue weighted by Gasteiger charge is 2.36. The van der Waals surface area contributed by atoms with Crippen molar-refractivity contribution in [3.05, 3.63) is 0 Å². The summed E-state index contributed by atoms with van der Waals surface area (Å²) < 4.78 is 17.7. The molecule has 0 saturated carbocycles. The van der Waals surface area contributed by atoms with Gasteiger partial charge in [-0.25, -0.2) is 0 Å². The van der Waals surface area contributed by atoms with Gasteiger partial charge in [-0.1, -0.05) is 0 Å². The molecule has 0 fully saturated rings.